The van der Waals surface area contributed by atoms with Crippen LogP contribution in [0.15, 0.2) is 36.4 Å². The third-order valence-corrected chi connectivity index (χ3v) is 5.71. The van der Waals surface area contributed by atoms with Crippen LogP contribution < -0.4 is 0 Å². The fourth-order valence-corrected chi connectivity index (χ4v) is 4.08. The summed E-state index contributed by atoms with van der Waals surface area (Å²) < 4.78 is 20.6. The lowest BCUT2D eigenvalue weighted by molar-refractivity contribution is 0.0270. The van der Waals surface area contributed by atoms with Crippen molar-refractivity contribution in [1.82, 2.24) is 19.7 Å². The van der Waals surface area contributed by atoms with Crippen LogP contribution in [0.2, 0.25) is 0 Å². The second-order valence-electron chi connectivity index (χ2n) is 9.89. The summed E-state index contributed by atoms with van der Waals surface area (Å²) in [4.78, 5) is 30.5. The van der Waals surface area contributed by atoms with Crippen LogP contribution in [0, 0.1) is 5.82 Å². The van der Waals surface area contributed by atoms with Crippen molar-refractivity contribution in [3.63, 3.8) is 0 Å². The van der Waals surface area contributed by atoms with Crippen molar-refractivity contribution < 1.29 is 23.8 Å². The quantitative estimate of drug-likeness (QED) is 0.537. The third-order valence-electron chi connectivity index (χ3n) is 5.71. The van der Waals surface area contributed by atoms with E-state index in [1.165, 1.54) is 12.1 Å². The fraction of sp³-hybridized carbons (Fsp3) is 0.385. The van der Waals surface area contributed by atoms with Gasteiger partial charge < -0.3 is 14.7 Å². The molecular weight excluding hydrogens is 451 g/mol. The predicted molar refractivity (Wildman–Crippen MR) is 130 cm³/mol. The normalized spacial score (nSPS) is 14.4. The van der Waals surface area contributed by atoms with Crippen molar-refractivity contribution >= 4 is 28.7 Å². The van der Waals surface area contributed by atoms with Crippen molar-refractivity contribution in [2.24, 2.45) is 0 Å². The number of rotatable bonds is 4. The highest BCUT2D eigenvalue weighted by Gasteiger charge is 2.27. The zero-order valence-corrected chi connectivity index (χ0v) is 20.5. The Labute approximate surface area is 203 Å². The van der Waals surface area contributed by atoms with Gasteiger partial charge >= 0.3 is 12.1 Å². The summed E-state index contributed by atoms with van der Waals surface area (Å²) in [5.41, 5.74) is 2.69. The first-order valence-corrected chi connectivity index (χ1v) is 11.5. The Hall–Kier alpha value is -3.75. The molecule has 1 aromatic carbocycles. The van der Waals surface area contributed by atoms with Gasteiger partial charge in [-0.25, -0.2) is 23.6 Å². The maximum atomic E-state index is 13.5. The topological polar surface area (TPSA) is 97.5 Å². The lowest BCUT2D eigenvalue weighted by Crippen LogP contribution is -2.39. The molecule has 3 aromatic rings. The summed E-state index contributed by atoms with van der Waals surface area (Å²) in [6.45, 7) is 10.3. The van der Waals surface area contributed by atoms with E-state index in [9.17, 15) is 19.1 Å². The number of carbonyl (C=O) groups is 2. The van der Waals surface area contributed by atoms with Gasteiger partial charge in [-0.2, -0.15) is 5.10 Å². The molecule has 4 rings (SSSR count). The number of aromatic nitrogens is 3. The zero-order valence-electron chi connectivity index (χ0n) is 20.5. The molecule has 0 saturated carbocycles. The monoisotopic (exact) mass is 480 g/mol. The van der Waals surface area contributed by atoms with Gasteiger partial charge in [-0.05, 0) is 74.6 Å². The molecule has 9 heteroatoms. The number of hydrogen-bond donors (Lipinski definition) is 1. The molecule has 0 spiro atoms. The summed E-state index contributed by atoms with van der Waals surface area (Å²) >= 11 is 0. The smallest absolute Gasteiger partial charge is 0.410 e. The number of hydrogen-bond acceptors (Lipinski definition) is 5. The molecule has 1 aliphatic rings. The molecule has 35 heavy (non-hydrogen) atoms. The van der Waals surface area contributed by atoms with Gasteiger partial charge in [-0.1, -0.05) is 19.9 Å². The minimum Gasteiger partial charge on any atom is -0.477 e. The Morgan fingerprint density at radius 3 is 2.40 bits per heavy atom. The Kier molecular flexibility index (Phi) is 6.36. The Morgan fingerprint density at radius 1 is 1.17 bits per heavy atom. The van der Waals surface area contributed by atoms with E-state index in [-0.39, 0.29) is 23.5 Å². The number of fused-ring (bicyclic) bond motifs is 1. The molecule has 1 amide bonds. The van der Waals surface area contributed by atoms with Crippen LogP contribution in [0.25, 0.3) is 22.3 Å². The molecule has 1 N–H and O–H groups in total. The Bertz CT molecular complexity index is 1320. The number of benzene rings is 1. The average Bonchev–Trinajstić information content (AvgIpc) is 3.18. The maximum Gasteiger partial charge on any atom is 0.410 e. The van der Waals surface area contributed by atoms with Crippen molar-refractivity contribution in [1.29, 1.82) is 0 Å². The van der Waals surface area contributed by atoms with Gasteiger partial charge in [-0.15, -0.1) is 0 Å². The lowest BCUT2D eigenvalue weighted by Gasteiger charge is -2.29. The number of carboxylic acids is 1. The highest BCUT2D eigenvalue weighted by molar-refractivity contribution is 5.98. The average molecular weight is 481 g/mol. The molecule has 0 fully saturated rings. The molecule has 0 saturated heterocycles. The molecule has 0 radical (unpaired) electrons. The van der Waals surface area contributed by atoms with Crippen LogP contribution in [-0.4, -0.2) is 55.5 Å². The molecule has 184 valence electrons. The number of aromatic carboxylic acids is 1. The summed E-state index contributed by atoms with van der Waals surface area (Å²) in [6.07, 6.45) is 2.06. The number of halogens is 1. The van der Waals surface area contributed by atoms with Crippen LogP contribution >= 0.6 is 0 Å². The predicted octanol–water partition coefficient (Wildman–Crippen LogP) is 5.41. The first-order chi connectivity index (χ1) is 16.4. The highest BCUT2D eigenvalue weighted by Crippen LogP contribution is 2.35. The van der Waals surface area contributed by atoms with E-state index in [2.05, 4.69) is 4.98 Å². The molecule has 2 aromatic heterocycles. The standard InChI is InChI=1S/C26H29FN4O4/c1-15(2)22-21-19(16-10-12-30(13-11-16)25(34)35-26(3,4)5)14-20(24(32)33)28-23(21)31(29-22)18-8-6-17(27)7-9-18/h6-10,14-15H,11-13H2,1-5H3,(H,32,33). The number of carbonyl (C=O) groups excluding carboxylic acids is 1. The van der Waals surface area contributed by atoms with E-state index >= 15 is 0 Å². The van der Waals surface area contributed by atoms with Gasteiger partial charge in [0.1, 0.15) is 11.4 Å². The minimum absolute atomic E-state index is 0.0258. The summed E-state index contributed by atoms with van der Waals surface area (Å²) in [7, 11) is 0. The highest BCUT2D eigenvalue weighted by atomic mass is 19.1. The second kappa shape index (κ2) is 9.13. The van der Waals surface area contributed by atoms with Crippen molar-refractivity contribution in [2.45, 2.75) is 52.6 Å². The van der Waals surface area contributed by atoms with E-state index < -0.39 is 11.6 Å². The summed E-state index contributed by atoms with van der Waals surface area (Å²) in [5, 5.41) is 15.3. The van der Waals surface area contributed by atoms with Crippen molar-refractivity contribution in [3.8, 4) is 5.69 Å². The molecule has 0 aliphatic carbocycles. The molecule has 0 unspecified atom stereocenters. The van der Waals surface area contributed by atoms with Crippen molar-refractivity contribution in [2.75, 3.05) is 13.1 Å². The SMILES string of the molecule is CC(C)c1nn(-c2ccc(F)cc2)c2nc(C(=O)O)cc(C3=CCN(C(=O)OC(C)(C)C)CC3)c12. The zero-order chi connectivity index (χ0) is 25.5. The molecular formula is C26H29FN4O4. The second-order valence-corrected chi connectivity index (χ2v) is 9.89. The number of nitrogens with zero attached hydrogens (tertiary/aromatic N) is 4. The van der Waals surface area contributed by atoms with Gasteiger partial charge in [0, 0.05) is 13.1 Å². The number of pyridine rings is 1. The van der Waals surface area contributed by atoms with E-state index in [1.54, 1.807) is 27.8 Å². The van der Waals surface area contributed by atoms with E-state index in [4.69, 9.17) is 9.84 Å². The van der Waals surface area contributed by atoms with Gasteiger partial charge in [0.05, 0.1) is 16.8 Å². The largest absolute Gasteiger partial charge is 0.477 e. The van der Waals surface area contributed by atoms with Crippen LogP contribution in [-0.2, 0) is 4.74 Å². The van der Waals surface area contributed by atoms with Gasteiger partial charge in [0.25, 0.3) is 0 Å². The lowest BCUT2D eigenvalue weighted by atomic mass is 9.94. The number of carboxylic acid groups (broad SMARTS) is 1. The van der Waals surface area contributed by atoms with Crippen LogP contribution in [0.1, 0.15) is 68.7 Å². The molecule has 0 bridgehead atoms. The summed E-state index contributed by atoms with van der Waals surface area (Å²) in [6, 6.07) is 7.39. The van der Waals surface area contributed by atoms with E-state index in [1.807, 2.05) is 40.7 Å². The minimum atomic E-state index is -1.15. The third kappa shape index (κ3) is 5.03. The fourth-order valence-electron chi connectivity index (χ4n) is 4.08. The van der Waals surface area contributed by atoms with Gasteiger partial charge in [0.2, 0.25) is 0 Å². The first kappa shape index (κ1) is 24.4. The molecule has 8 nitrogen and oxygen atoms in total. The van der Waals surface area contributed by atoms with Crippen LogP contribution in [0.3, 0.4) is 0 Å². The van der Waals surface area contributed by atoms with Crippen LogP contribution in [0.5, 0.6) is 0 Å². The molecule has 0 atom stereocenters. The first-order valence-electron chi connectivity index (χ1n) is 11.5. The van der Waals surface area contributed by atoms with Crippen molar-refractivity contribution in [3.05, 3.63) is 59.2 Å². The maximum absolute atomic E-state index is 13.5. The summed E-state index contributed by atoms with van der Waals surface area (Å²) in [5.74, 6) is -1.51. The Morgan fingerprint density at radius 2 is 1.86 bits per heavy atom. The van der Waals surface area contributed by atoms with Crippen LogP contribution in [0.4, 0.5) is 9.18 Å². The Balaban J connectivity index is 1.84. The molecule has 1 aliphatic heterocycles. The van der Waals surface area contributed by atoms with Gasteiger partial charge in [0.15, 0.2) is 11.3 Å². The van der Waals surface area contributed by atoms with E-state index in [0.717, 1.165) is 22.2 Å². The van der Waals surface area contributed by atoms with Gasteiger partial charge in [-0.3, -0.25) is 0 Å². The molecule has 3 heterocycles. The number of ether oxygens (including phenoxy) is 1. The van der Waals surface area contributed by atoms with E-state index in [0.29, 0.717) is 30.8 Å². The number of amides is 1.